The first-order valence-corrected chi connectivity index (χ1v) is 5.92. The van der Waals surface area contributed by atoms with Crippen molar-refractivity contribution in [2.75, 3.05) is 14.2 Å². The number of aliphatic imine (C=N–C) groups is 1. The van der Waals surface area contributed by atoms with E-state index in [1.165, 1.54) is 20.3 Å². The normalized spacial score (nSPS) is 13.5. The van der Waals surface area contributed by atoms with Gasteiger partial charge in [0.25, 0.3) is 0 Å². The van der Waals surface area contributed by atoms with Crippen molar-refractivity contribution in [2.45, 2.75) is 26.1 Å². The Labute approximate surface area is 79.1 Å². The van der Waals surface area contributed by atoms with E-state index in [9.17, 15) is 4.79 Å². The third-order valence-electron chi connectivity index (χ3n) is 1.64. The van der Waals surface area contributed by atoms with E-state index in [0.29, 0.717) is 6.04 Å². The first-order valence-electron chi connectivity index (χ1n) is 3.99. The highest BCUT2D eigenvalue weighted by Crippen LogP contribution is 2.15. The molecule has 0 aromatic rings. The molecule has 0 spiro atoms. The summed E-state index contributed by atoms with van der Waals surface area (Å²) >= 11 is 0. The fourth-order valence-electron chi connectivity index (χ4n) is 0.912. The number of isocyanates is 1. The van der Waals surface area contributed by atoms with E-state index >= 15 is 0 Å². The van der Waals surface area contributed by atoms with Gasteiger partial charge in [-0.3, -0.25) is 0 Å². The van der Waals surface area contributed by atoms with E-state index in [1.807, 2.05) is 6.92 Å². The molecule has 0 radical (unpaired) electrons. The van der Waals surface area contributed by atoms with Crippen molar-refractivity contribution in [1.29, 1.82) is 0 Å². The average molecular weight is 205 g/mol. The van der Waals surface area contributed by atoms with Gasteiger partial charge in [-0.15, -0.1) is 0 Å². The molecule has 0 N–H and O–H groups in total. The van der Waals surface area contributed by atoms with Gasteiger partial charge < -0.3 is 13.3 Å². The van der Waals surface area contributed by atoms with Crippen molar-refractivity contribution in [1.82, 2.24) is 0 Å². The second-order valence-electron chi connectivity index (χ2n) is 2.38. The van der Waals surface area contributed by atoms with Gasteiger partial charge in [0, 0.05) is 20.3 Å². The lowest BCUT2D eigenvalue weighted by Gasteiger charge is -2.26. The van der Waals surface area contributed by atoms with Crippen molar-refractivity contribution in [3.63, 3.8) is 0 Å². The molecule has 5 nitrogen and oxygen atoms in total. The molecule has 0 aliphatic rings. The fourth-order valence-corrected chi connectivity index (χ4v) is 2.59. The number of nitrogens with zero attached hydrogens (tertiary/aromatic N) is 1. The first kappa shape index (κ1) is 12.5. The molecule has 0 aliphatic carbocycles. The van der Waals surface area contributed by atoms with Crippen LogP contribution < -0.4 is 0 Å². The van der Waals surface area contributed by atoms with Crippen LogP contribution in [0.1, 0.15) is 13.8 Å². The van der Waals surface area contributed by atoms with Crippen LogP contribution >= 0.6 is 0 Å². The van der Waals surface area contributed by atoms with Crippen molar-refractivity contribution in [2.24, 2.45) is 4.99 Å². The molecule has 0 rings (SSSR count). The van der Waals surface area contributed by atoms with Crippen LogP contribution in [0.2, 0.25) is 6.04 Å². The van der Waals surface area contributed by atoms with Crippen molar-refractivity contribution in [3.8, 4) is 0 Å². The second-order valence-corrected chi connectivity index (χ2v) is 5.51. The summed E-state index contributed by atoms with van der Waals surface area (Å²) < 4.78 is 15.7. The minimum atomic E-state index is -2.59. The van der Waals surface area contributed by atoms with Crippen molar-refractivity contribution >= 4 is 14.9 Å². The van der Waals surface area contributed by atoms with Crippen LogP contribution in [0.5, 0.6) is 0 Å². The van der Waals surface area contributed by atoms with Crippen LogP contribution in [0.4, 0.5) is 0 Å². The Bertz CT molecular complexity index is 181. The van der Waals surface area contributed by atoms with E-state index in [4.69, 9.17) is 13.3 Å². The van der Waals surface area contributed by atoms with Crippen molar-refractivity contribution in [3.05, 3.63) is 0 Å². The van der Waals surface area contributed by atoms with Gasteiger partial charge in [0.2, 0.25) is 6.08 Å². The Morgan fingerprint density at radius 1 is 1.46 bits per heavy atom. The fraction of sp³-hybridized carbons (Fsp3) is 0.857. The Balaban J connectivity index is 4.31. The maximum absolute atomic E-state index is 9.93. The molecule has 0 aromatic heterocycles. The van der Waals surface area contributed by atoms with Crippen LogP contribution in [0, 0.1) is 0 Å². The summed E-state index contributed by atoms with van der Waals surface area (Å²) in [6.07, 6.45) is 0.858. The van der Waals surface area contributed by atoms with E-state index < -0.39 is 15.0 Å². The molecule has 1 atom stereocenters. The second kappa shape index (κ2) is 6.01. The Hall–Kier alpha value is -0.523. The number of hydrogen-bond donors (Lipinski definition) is 0. The zero-order valence-corrected chi connectivity index (χ0v) is 9.36. The number of hydrogen-bond acceptors (Lipinski definition) is 5. The van der Waals surface area contributed by atoms with Gasteiger partial charge in [0.1, 0.15) is 0 Å². The van der Waals surface area contributed by atoms with E-state index in [0.717, 1.165) is 0 Å². The van der Waals surface area contributed by atoms with Gasteiger partial charge in [0.15, 0.2) is 6.23 Å². The third kappa shape index (κ3) is 3.80. The quantitative estimate of drug-likeness (QED) is 0.368. The molecular formula is C7H15NO4Si. The Kier molecular flexibility index (Phi) is 5.77. The summed E-state index contributed by atoms with van der Waals surface area (Å²) in [7, 11) is 0.458. The SMILES string of the molecule is CC[Si](OC)(OC)OC(C)N=C=O. The lowest BCUT2D eigenvalue weighted by atomic mass is 10.7. The topological polar surface area (TPSA) is 57.1 Å². The molecule has 76 valence electrons. The summed E-state index contributed by atoms with van der Waals surface area (Å²) in [4.78, 5) is 13.3. The van der Waals surface area contributed by atoms with Crippen LogP contribution in [-0.4, -0.2) is 35.3 Å². The standard InChI is InChI=1S/C7H15NO4Si/c1-5-13(10-3,11-4)12-7(2)8-6-9/h7H,5H2,1-4H3. The van der Waals surface area contributed by atoms with Gasteiger partial charge in [-0.2, -0.15) is 4.99 Å². The molecule has 0 saturated heterocycles. The minimum Gasteiger partial charge on any atom is -0.377 e. The van der Waals surface area contributed by atoms with Gasteiger partial charge >= 0.3 is 8.80 Å². The molecule has 0 amide bonds. The Morgan fingerprint density at radius 2 is 2.00 bits per heavy atom. The molecule has 1 unspecified atom stereocenters. The van der Waals surface area contributed by atoms with E-state index in [1.54, 1.807) is 6.92 Å². The number of rotatable bonds is 6. The molecule has 0 fully saturated rings. The summed E-state index contributed by atoms with van der Waals surface area (Å²) in [6, 6.07) is 0.638. The maximum atomic E-state index is 9.93. The van der Waals surface area contributed by atoms with Crippen LogP contribution in [0.25, 0.3) is 0 Å². The first-order chi connectivity index (χ1) is 6.14. The minimum absolute atomic E-state index is 0.566. The largest absolute Gasteiger partial charge is 0.501 e. The lowest BCUT2D eigenvalue weighted by Crippen LogP contribution is -2.45. The summed E-state index contributed by atoms with van der Waals surface area (Å²) in [5, 5.41) is 0. The van der Waals surface area contributed by atoms with Gasteiger partial charge in [-0.05, 0) is 6.92 Å². The van der Waals surface area contributed by atoms with Crippen LogP contribution in [-0.2, 0) is 18.1 Å². The summed E-state index contributed by atoms with van der Waals surface area (Å²) in [6.45, 7) is 3.54. The van der Waals surface area contributed by atoms with Crippen molar-refractivity contribution < 1.29 is 18.1 Å². The molecule has 0 aromatic carbocycles. The lowest BCUT2D eigenvalue weighted by molar-refractivity contribution is 0.0674. The van der Waals surface area contributed by atoms with E-state index in [2.05, 4.69) is 4.99 Å². The average Bonchev–Trinajstić information content (AvgIpc) is 2.15. The summed E-state index contributed by atoms with van der Waals surface area (Å²) in [5.74, 6) is 0. The predicted octanol–water partition coefficient (Wildman–Crippen LogP) is 0.936. The zero-order chi connectivity index (χ0) is 10.3. The molecule has 0 bridgehead atoms. The molecule has 0 aliphatic heterocycles. The van der Waals surface area contributed by atoms with Crippen LogP contribution in [0.15, 0.2) is 4.99 Å². The highest BCUT2D eigenvalue weighted by molar-refractivity contribution is 6.60. The molecule has 0 saturated carbocycles. The highest BCUT2D eigenvalue weighted by atomic mass is 28.4. The monoisotopic (exact) mass is 205 g/mol. The summed E-state index contributed by atoms with van der Waals surface area (Å²) in [5.41, 5.74) is 0. The molecule has 0 heterocycles. The zero-order valence-electron chi connectivity index (χ0n) is 8.36. The van der Waals surface area contributed by atoms with Gasteiger partial charge in [-0.25, -0.2) is 4.79 Å². The molecular weight excluding hydrogens is 190 g/mol. The smallest absolute Gasteiger partial charge is 0.377 e. The predicted molar refractivity (Wildman–Crippen MR) is 48.9 cm³/mol. The Morgan fingerprint density at radius 3 is 2.31 bits per heavy atom. The third-order valence-corrected chi connectivity index (χ3v) is 4.45. The maximum Gasteiger partial charge on any atom is 0.501 e. The number of carbonyl (C=O) groups excluding carboxylic acids is 1. The van der Waals surface area contributed by atoms with Gasteiger partial charge in [0.05, 0.1) is 0 Å². The highest BCUT2D eigenvalue weighted by Gasteiger charge is 2.38. The van der Waals surface area contributed by atoms with Gasteiger partial charge in [-0.1, -0.05) is 6.92 Å². The molecule has 6 heteroatoms. The van der Waals surface area contributed by atoms with E-state index in [-0.39, 0.29) is 0 Å². The molecule has 13 heavy (non-hydrogen) atoms. The van der Waals surface area contributed by atoms with Crippen LogP contribution in [0.3, 0.4) is 0 Å².